The van der Waals surface area contributed by atoms with E-state index in [-0.39, 0.29) is 10.8 Å². The molecule has 10 heteroatoms. The van der Waals surface area contributed by atoms with Crippen molar-refractivity contribution in [3.05, 3.63) is 71.3 Å². The van der Waals surface area contributed by atoms with Crippen LogP contribution < -0.4 is 0 Å². The van der Waals surface area contributed by atoms with Gasteiger partial charge in [-0.05, 0) is 49.1 Å². The number of hydrogen-bond acceptors (Lipinski definition) is 6. The third kappa shape index (κ3) is 5.49. The van der Waals surface area contributed by atoms with Gasteiger partial charge in [-0.2, -0.15) is 9.40 Å². The van der Waals surface area contributed by atoms with E-state index in [1.54, 1.807) is 38.2 Å². The van der Waals surface area contributed by atoms with Crippen LogP contribution in [0.3, 0.4) is 0 Å². The predicted octanol–water partition coefficient (Wildman–Crippen LogP) is 5.57. The summed E-state index contributed by atoms with van der Waals surface area (Å²) in [6.07, 6.45) is 6.56. The number of rotatable bonds is 7. The Bertz CT molecular complexity index is 1470. The molecule has 5 rings (SSSR count). The first-order valence-corrected chi connectivity index (χ1v) is 15.4. The highest BCUT2D eigenvalue weighted by Gasteiger charge is 2.33. The molecule has 0 spiro atoms. The Labute approximate surface area is 233 Å². The zero-order valence-electron chi connectivity index (χ0n) is 21.4. The first kappa shape index (κ1) is 26.8. The second kappa shape index (κ2) is 11.1. The fraction of sp³-hybridized carbons (Fsp3) is 0.321. The zero-order valence-corrected chi connectivity index (χ0v) is 23.9. The van der Waals surface area contributed by atoms with Crippen LogP contribution in [0.1, 0.15) is 38.7 Å². The number of amides is 1. The molecule has 198 valence electrons. The molecule has 2 aliphatic rings. The third-order valence-corrected chi connectivity index (χ3v) is 9.84. The van der Waals surface area contributed by atoms with Gasteiger partial charge in [-0.1, -0.05) is 74.6 Å². The van der Waals surface area contributed by atoms with Gasteiger partial charge in [0.2, 0.25) is 10.0 Å². The Morgan fingerprint density at radius 2 is 1.71 bits per heavy atom. The van der Waals surface area contributed by atoms with Crippen LogP contribution in [0.25, 0.3) is 23.0 Å². The van der Waals surface area contributed by atoms with Gasteiger partial charge in [-0.3, -0.25) is 9.69 Å². The van der Waals surface area contributed by atoms with E-state index in [0.29, 0.717) is 40.5 Å². The number of carbonyl (C=O) groups is 1. The number of nitrogens with zero attached hydrogens (tertiary/aromatic N) is 4. The Kier molecular flexibility index (Phi) is 7.85. The van der Waals surface area contributed by atoms with Gasteiger partial charge < -0.3 is 0 Å². The van der Waals surface area contributed by atoms with Crippen molar-refractivity contribution in [1.82, 2.24) is 19.0 Å². The van der Waals surface area contributed by atoms with E-state index < -0.39 is 10.0 Å². The predicted molar refractivity (Wildman–Crippen MR) is 156 cm³/mol. The monoisotopic (exact) mass is 566 g/mol. The summed E-state index contributed by atoms with van der Waals surface area (Å²) in [4.78, 5) is 15.6. The molecule has 0 N–H and O–H groups in total. The van der Waals surface area contributed by atoms with Gasteiger partial charge >= 0.3 is 0 Å². The first-order chi connectivity index (χ1) is 18.2. The minimum atomic E-state index is -3.53. The maximum atomic E-state index is 13.1. The van der Waals surface area contributed by atoms with Crippen LogP contribution in [-0.4, -0.2) is 57.3 Å². The second-order valence-electron chi connectivity index (χ2n) is 9.89. The summed E-state index contributed by atoms with van der Waals surface area (Å²) < 4.78 is 30.2. The quantitative estimate of drug-likeness (QED) is 0.275. The van der Waals surface area contributed by atoms with E-state index in [9.17, 15) is 13.2 Å². The van der Waals surface area contributed by atoms with E-state index in [4.69, 9.17) is 17.3 Å². The van der Waals surface area contributed by atoms with Gasteiger partial charge in [0.25, 0.3) is 5.91 Å². The van der Waals surface area contributed by atoms with E-state index in [2.05, 4.69) is 13.8 Å². The number of thioether (sulfide) groups is 1. The molecule has 0 bridgehead atoms. The standard InChI is InChI=1S/C28H30N4O3S3/c1-20(2)18-31-27(33)25(37-28(31)36)17-22-19-32(23-9-5-3-6-10-23)29-26(22)21-11-13-24(14-12-21)38(34,35)30-15-7-4-8-16-30/h3,5-6,9-14,17,19-20H,4,7-8,15-16,18H2,1-2H3. The number of thiocarbonyl (C=S) groups is 1. The second-order valence-corrected chi connectivity index (χ2v) is 13.5. The number of benzene rings is 2. The summed E-state index contributed by atoms with van der Waals surface area (Å²) in [5, 5.41) is 4.83. The lowest BCUT2D eigenvalue weighted by atomic mass is 10.1. The van der Waals surface area contributed by atoms with Crippen LogP contribution in [0.15, 0.2) is 70.6 Å². The molecule has 0 saturated carbocycles. The molecule has 2 saturated heterocycles. The molecule has 2 aliphatic heterocycles. The van der Waals surface area contributed by atoms with Crippen molar-refractivity contribution in [2.75, 3.05) is 19.6 Å². The van der Waals surface area contributed by atoms with Crippen molar-refractivity contribution in [2.24, 2.45) is 5.92 Å². The maximum Gasteiger partial charge on any atom is 0.266 e. The fourth-order valence-electron chi connectivity index (χ4n) is 4.63. The molecule has 1 amide bonds. The summed E-state index contributed by atoms with van der Waals surface area (Å²) in [7, 11) is -3.53. The lowest BCUT2D eigenvalue weighted by Crippen LogP contribution is -2.35. The van der Waals surface area contributed by atoms with E-state index >= 15 is 0 Å². The van der Waals surface area contributed by atoms with Crippen molar-refractivity contribution >= 4 is 50.3 Å². The number of piperidine rings is 1. The molecule has 38 heavy (non-hydrogen) atoms. The minimum Gasteiger partial charge on any atom is -0.293 e. The Balaban J connectivity index is 1.52. The number of para-hydroxylation sites is 1. The van der Waals surface area contributed by atoms with Gasteiger partial charge in [-0.15, -0.1) is 0 Å². The molecule has 0 radical (unpaired) electrons. The summed E-state index contributed by atoms with van der Waals surface area (Å²) >= 11 is 6.78. The van der Waals surface area contributed by atoms with Crippen LogP contribution in [0.4, 0.5) is 0 Å². The molecular weight excluding hydrogens is 537 g/mol. The number of carbonyl (C=O) groups excluding carboxylic acids is 1. The van der Waals surface area contributed by atoms with Gasteiger partial charge in [0.05, 0.1) is 21.2 Å². The molecule has 7 nitrogen and oxygen atoms in total. The highest BCUT2D eigenvalue weighted by Crippen LogP contribution is 2.35. The highest BCUT2D eigenvalue weighted by molar-refractivity contribution is 8.26. The molecule has 2 aromatic carbocycles. The average molecular weight is 567 g/mol. The highest BCUT2D eigenvalue weighted by atomic mass is 32.2. The van der Waals surface area contributed by atoms with Gasteiger partial charge in [0.15, 0.2) is 0 Å². The van der Waals surface area contributed by atoms with E-state index in [1.165, 1.54) is 11.8 Å². The Morgan fingerprint density at radius 3 is 2.37 bits per heavy atom. The van der Waals surface area contributed by atoms with Crippen LogP contribution in [0.2, 0.25) is 0 Å². The van der Waals surface area contributed by atoms with Crippen molar-refractivity contribution in [3.8, 4) is 16.9 Å². The van der Waals surface area contributed by atoms with Gasteiger partial charge in [0.1, 0.15) is 4.32 Å². The van der Waals surface area contributed by atoms with Gasteiger partial charge in [-0.25, -0.2) is 13.1 Å². The number of hydrogen-bond donors (Lipinski definition) is 0. The number of sulfonamides is 1. The molecule has 1 aromatic heterocycles. The largest absolute Gasteiger partial charge is 0.293 e. The topological polar surface area (TPSA) is 75.5 Å². The Morgan fingerprint density at radius 1 is 1.03 bits per heavy atom. The first-order valence-electron chi connectivity index (χ1n) is 12.7. The summed E-state index contributed by atoms with van der Waals surface area (Å²) in [6.45, 7) is 5.80. The van der Waals surface area contributed by atoms with Crippen molar-refractivity contribution in [3.63, 3.8) is 0 Å². The zero-order chi connectivity index (χ0) is 26.9. The molecule has 0 unspecified atom stereocenters. The maximum absolute atomic E-state index is 13.1. The number of aromatic nitrogens is 2. The van der Waals surface area contributed by atoms with Crippen molar-refractivity contribution in [2.45, 2.75) is 38.0 Å². The molecule has 3 aromatic rings. The van der Waals surface area contributed by atoms with E-state index in [0.717, 1.165) is 36.1 Å². The smallest absolute Gasteiger partial charge is 0.266 e. The van der Waals surface area contributed by atoms with Crippen LogP contribution in [0.5, 0.6) is 0 Å². The summed E-state index contributed by atoms with van der Waals surface area (Å²) in [5.41, 5.74) is 3.06. The van der Waals surface area contributed by atoms with Crippen LogP contribution >= 0.6 is 24.0 Å². The van der Waals surface area contributed by atoms with Gasteiger partial charge in [0, 0.05) is 37.0 Å². The fourth-order valence-corrected chi connectivity index (χ4v) is 7.42. The van der Waals surface area contributed by atoms with Crippen molar-refractivity contribution < 1.29 is 13.2 Å². The Hall–Kier alpha value is -2.79. The SMILES string of the molecule is CC(C)CN1C(=O)C(=Cc2cn(-c3ccccc3)nc2-c2ccc(S(=O)(=O)N3CCCCC3)cc2)SC1=S. The van der Waals surface area contributed by atoms with Crippen LogP contribution in [0, 0.1) is 5.92 Å². The molecule has 3 heterocycles. The molecule has 2 fully saturated rings. The summed E-state index contributed by atoms with van der Waals surface area (Å²) in [6, 6.07) is 16.6. The van der Waals surface area contributed by atoms with Crippen molar-refractivity contribution in [1.29, 1.82) is 0 Å². The molecule has 0 atom stereocenters. The lowest BCUT2D eigenvalue weighted by Gasteiger charge is -2.25. The average Bonchev–Trinajstić information content (AvgIpc) is 3.46. The summed E-state index contributed by atoms with van der Waals surface area (Å²) in [5.74, 6) is 0.197. The molecular formula is C28H30N4O3S3. The van der Waals surface area contributed by atoms with E-state index in [1.807, 2.05) is 42.6 Å². The normalized spacial score (nSPS) is 18.2. The third-order valence-electron chi connectivity index (χ3n) is 6.55. The minimum absolute atomic E-state index is 0.102. The van der Waals surface area contributed by atoms with Crippen LogP contribution in [-0.2, 0) is 14.8 Å². The molecule has 0 aliphatic carbocycles. The lowest BCUT2D eigenvalue weighted by molar-refractivity contribution is -0.122.